The van der Waals surface area contributed by atoms with Gasteiger partial charge in [0.1, 0.15) is 5.82 Å². The molecule has 0 radical (unpaired) electrons. The van der Waals surface area contributed by atoms with Crippen LogP contribution >= 0.6 is 0 Å². The van der Waals surface area contributed by atoms with Crippen LogP contribution in [0.5, 0.6) is 0 Å². The average Bonchev–Trinajstić information content (AvgIpc) is 2.84. The lowest BCUT2D eigenvalue weighted by Gasteiger charge is -2.30. The van der Waals surface area contributed by atoms with Crippen LogP contribution in [0.4, 0.5) is 13.2 Å². The van der Waals surface area contributed by atoms with Gasteiger partial charge in [0.15, 0.2) is 5.96 Å². The van der Waals surface area contributed by atoms with Crippen molar-refractivity contribution >= 4 is 5.96 Å². The number of halogens is 3. The fourth-order valence-electron chi connectivity index (χ4n) is 1.93. The van der Waals surface area contributed by atoms with Crippen LogP contribution in [0.1, 0.15) is 32.0 Å². The minimum absolute atomic E-state index is 0.0674. The van der Waals surface area contributed by atoms with E-state index in [0.29, 0.717) is 6.54 Å². The molecule has 0 fully saturated rings. The molecule has 1 rings (SSSR count). The number of aryl methyl sites for hydroxylation is 1. The van der Waals surface area contributed by atoms with E-state index in [2.05, 4.69) is 15.3 Å². The Morgan fingerprint density at radius 2 is 2.18 bits per heavy atom. The highest BCUT2D eigenvalue weighted by molar-refractivity contribution is 5.77. The van der Waals surface area contributed by atoms with Crippen molar-refractivity contribution in [2.75, 3.05) is 13.1 Å². The van der Waals surface area contributed by atoms with E-state index in [-0.39, 0.29) is 12.5 Å². The van der Waals surface area contributed by atoms with E-state index in [1.54, 1.807) is 0 Å². The molecule has 22 heavy (non-hydrogen) atoms. The van der Waals surface area contributed by atoms with E-state index in [1.807, 2.05) is 6.92 Å². The number of nitrogens with zero attached hydrogens (tertiary/aromatic N) is 3. The van der Waals surface area contributed by atoms with Gasteiger partial charge in [0.05, 0.1) is 0 Å². The highest BCUT2D eigenvalue weighted by atomic mass is 19.4. The second-order valence-electron chi connectivity index (χ2n) is 5.02. The van der Waals surface area contributed by atoms with E-state index in [9.17, 15) is 18.3 Å². The van der Waals surface area contributed by atoms with Crippen molar-refractivity contribution in [1.82, 2.24) is 14.9 Å². The van der Waals surface area contributed by atoms with Crippen molar-refractivity contribution in [3.05, 3.63) is 18.2 Å². The maximum absolute atomic E-state index is 13.2. The Morgan fingerprint density at radius 3 is 2.68 bits per heavy atom. The summed E-state index contributed by atoms with van der Waals surface area (Å²) in [5, 5.41) is 12.7. The Bertz CT molecular complexity index is 500. The lowest BCUT2D eigenvalue weighted by molar-refractivity contribution is -0.272. The number of nitrogens with two attached hydrogens (primary N) is 1. The number of aliphatic imine (C=N–C) groups is 1. The average molecular weight is 321 g/mol. The molecule has 1 aromatic rings. The first-order chi connectivity index (χ1) is 10.2. The third-order valence-electron chi connectivity index (χ3n) is 3.25. The topological polar surface area (TPSA) is 88.5 Å². The summed E-state index contributed by atoms with van der Waals surface area (Å²) in [6, 6.07) is 0. The summed E-state index contributed by atoms with van der Waals surface area (Å²) in [6.45, 7) is 2.33. The van der Waals surface area contributed by atoms with Crippen LogP contribution < -0.4 is 11.1 Å². The second kappa shape index (κ2) is 7.48. The van der Waals surface area contributed by atoms with Gasteiger partial charge in [-0.1, -0.05) is 13.3 Å². The molecule has 0 aliphatic rings. The number of nitrogens with one attached hydrogen (secondary N) is 1. The highest BCUT2D eigenvalue weighted by Gasteiger charge is 2.57. The lowest BCUT2D eigenvalue weighted by atomic mass is 9.97. The van der Waals surface area contributed by atoms with E-state index in [4.69, 9.17) is 5.73 Å². The van der Waals surface area contributed by atoms with Gasteiger partial charge in [-0.3, -0.25) is 4.99 Å². The Kier molecular flexibility index (Phi) is 6.21. The summed E-state index contributed by atoms with van der Waals surface area (Å²) in [4.78, 5) is 7.59. The first kappa shape index (κ1) is 18.3. The number of aliphatic hydroxyl groups is 1. The standard InChI is InChI=1S/C13H22F3N5O/c1-3-4-6-19-11(17)20-7-5-12(22,13(14,15)16)10-18-8-9-21(10)2/h8-9,22H,3-7H2,1-2H3,(H3,17,19,20). The minimum atomic E-state index is -4.85. The fourth-order valence-corrected chi connectivity index (χ4v) is 1.93. The number of imidazole rings is 1. The van der Waals surface area contributed by atoms with Gasteiger partial charge in [-0.2, -0.15) is 13.2 Å². The van der Waals surface area contributed by atoms with Gasteiger partial charge in [0.25, 0.3) is 0 Å². The first-order valence-electron chi connectivity index (χ1n) is 7.03. The molecule has 1 unspecified atom stereocenters. The molecule has 0 spiro atoms. The molecule has 0 saturated carbocycles. The van der Waals surface area contributed by atoms with Gasteiger partial charge >= 0.3 is 6.18 Å². The van der Waals surface area contributed by atoms with E-state index in [0.717, 1.165) is 17.4 Å². The predicted octanol–water partition coefficient (Wildman–Crippen LogP) is 1.26. The molecule has 1 atom stereocenters. The van der Waals surface area contributed by atoms with Crippen molar-refractivity contribution in [1.29, 1.82) is 0 Å². The molecule has 0 saturated heterocycles. The molecule has 0 bridgehead atoms. The van der Waals surface area contributed by atoms with E-state index in [1.165, 1.54) is 19.4 Å². The van der Waals surface area contributed by atoms with Crippen molar-refractivity contribution in [2.45, 2.75) is 38.0 Å². The number of hydrogen-bond acceptors (Lipinski definition) is 3. The number of aromatic nitrogens is 2. The van der Waals surface area contributed by atoms with Crippen LogP contribution in [-0.4, -0.2) is 39.9 Å². The summed E-state index contributed by atoms with van der Waals surface area (Å²) < 4.78 is 40.8. The highest BCUT2D eigenvalue weighted by Crippen LogP contribution is 2.40. The molecule has 0 aliphatic carbocycles. The number of guanidine groups is 1. The summed E-state index contributed by atoms with van der Waals surface area (Å²) in [5.41, 5.74) is 2.52. The van der Waals surface area contributed by atoms with Crippen LogP contribution in [0.3, 0.4) is 0 Å². The van der Waals surface area contributed by atoms with Crippen LogP contribution in [-0.2, 0) is 12.6 Å². The van der Waals surface area contributed by atoms with Gasteiger partial charge in [-0.05, 0) is 6.42 Å². The molecule has 126 valence electrons. The largest absolute Gasteiger partial charge is 0.424 e. The van der Waals surface area contributed by atoms with Crippen LogP contribution in [0, 0.1) is 0 Å². The van der Waals surface area contributed by atoms with Gasteiger partial charge in [0, 0.05) is 39.0 Å². The Labute approximate surface area is 127 Å². The first-order valence-corrected chi connectivity index (χ1v) is 7.03. The Morgan fingerprint density at radius 1 is 1.50 bits per heavy atom. The zero-order valence-corrected chi connectivity index (χ0v) is 12.7. The zero-order chi connectivity index (χ0) is 16.8. The second-order valence-corrected chi connectivity index (χ2v) is 5.02. The SMILES string of the molecule is CCCCN=C(N)NCCC(O)(c1nccn1C)C(F)(F)F. The van der Waals surface area contributed by atoms with Crippen LogP contribution in [0.25, 0.3) is 0 Å². The van der Waals surface area contributed by atoms with Crippen LogP contribution in [0.2, 0.25) is 0 Å². The molecule has 6 nitrogen and oxygen atoms in total. The molecule has 0 aromatic carbocycles. The molecule has 1 aromatic heterocycles. The monoisotopic (exact) mass is 321 g/mol. The van der Waals surface area contributed by atoms with Crippen molar-refractivity contribution in [3.8, 4) is 0 Å². The number of rotatable bonds is 7. The maximum atomic E-state index is 13.2. The molecule has 9 heteroatoms. The molecular formula is C13H22F3N5O. The molecule has 0 aliphatic heterocycles. The Hall–Kier alpha value is -1.77. The fraction of sp³-hybridized carbons (Fsp3) is 0.692. The summed E-state index contributed by atoms with van der Waals surface area (Å²) in [5.74, 6) is -0.388. The summed E-state index contributed by atoms with van der Waals surface area (Å²) in [6.07, 6.45) is -1.11. The van der Waals surface area contributed by atoms with Crippen molar-refractivity contribution in [3.63, 3.8) is 0 Å². The third-order valence-corrected chi connectivity index (χ3v) is 3.25. The normalized spacial score (nSPS) is 15.6. The van der Waals surface area contributed by atoms with Gasteiger partial charge in [0.2, 0.25) is 5.60 Å². The predicted molar refractivity (Wildman–Crippen MR) is 77.2 cm³/mol. The number of hydrogen-bond donors (Lipinski definition) is 3. The number of alkyl halides is 3. The minimum Gasteiger partial charge on any atom is -0.374 e. The smallest absolute Gasteiger partial charge is 0.374 e. The summed E-state index contributed by atoms with van der Waals surface area (Å²) in [7, 11) is 1.40. The molecule has 1 heterocycles. The maximum Gasteiger partial charge on any atom is 0.424 e. The van der Waals surface area contributed by atoms with Crippen molar-refractivity contribution in [2.24, 2.45) is 17.8 Å². The number of unbranched alkanes of at least 4 members (excludes halogenated alkanes) is 1. The van der Waals surface area contributed by atoms with Crippen LogP contribution in [0.15, 0.2) is 17.4 Å². The van der Waals surface area contributed by atoms with Crippen molar-refractivity contribution < 1.29 is 18.3 Å². The Balaban J connectivity index is 2.73. The third kappa shape index (κ3) is 4.36. The van der Waals surface area contributed by atoms with Gasteiger partial charge in [-0.15, -0.1) is 0 Å². The summed E-state index contributed by atoms with van der Waals surface area (Å²) >= 11 is 0. The van der Waals surface area contributed by atoms with Gasteiger partial charge in [-0.25, -0.2) is 4.98 Å². The van der Waals surface area contributed by atoms with E-state index >= 15 is 0 Å². The molecule has 4 N–H and O–H groups in total. The van der Waals surface area contributed by atoms with E-state index < -0.39 is 24.0 Å². The zero-order valence-electron chi connectivity index (χ0n) is 12.7. The quantitative estimate of drug-likeness (QED) is 0.401. The lowest BCUT2D eigenvalue weighted by Crippen LogP contribution is -2.47. The molecule has 0 amide bonds. The van der Waals surface area contributed by atoms with Gasteiger partial charge < -0.3 is 20.7 Å². The molecular weight excluding hydrogens is 299 g/mol.